The van der Waals surface area contributed by atoms with Crippen LogP contribution >= 0.6 is 0 Å². The number of alkyl halides is 1. The summed E-state index contributed by atoms with van der Waals surface area (Å²) in [6.45, 7) is 8.54. The molecule has 0 aliphatic carbocycles. The lowest BCUT2D eigenvalue weighted by Crippen LogP contribution is -2.47. The van der Waals surface area contributed by atoms with Gasteiger partial charge in [-0.2, -0.15) is 0 Å². The normalized spacial score (nSPS) is 27.4. The van der Waals surface area contributed by atoms with Gasteiger partial charge in [0, 0.05) is 25.7 Å². The molecule has 114 valence electrons. The number of rotatable bonds is 7. The number of sulfonamides is 1. The summed E-state index contributed by atoms with van der Waals surface area (Å²) in [7, 11) is -3.34. The zero-order valence-corrected chi connectivity index (χ0v) is 13.0. The van der Waals surface area contributed by atoms with Crippen LogP contribution in [-0.2, 0) is 10.0 Å². The zero-order valence-electron chi connectivity index (χ0n) is 12.2. The third-order valence-electron chi connectivity index (χ3n) is 3.40. The van der Waals surface area contributed by atoms with Gasteiger partial charge in [-0.15, -0.1) is 0 Å². The van der Waals surface area contributed by atoms with E-state index in [9.17, 15) is 12.8 Å². The Bertz CT molecular complexity index is 352. The highest BCUT2D eigenvalue weighted by molar-refractivity contribution is 7.89. The molecule has 1 fully saturated rings. The Kier molecular flexibility index (Phi) is 6.69. The molecule has 6 heteroatoms. The highest BCUT2D eigenvalue weighted by Crippen LogP contribution is 2.20. The predicted octanol–water partition coefficient (Wildman–Crippen LogP) is 1.63. The molecular weight excluding hydrogens is 267 g/mol. The van der Waals surface area contributed by atoms with Gasteiger partial charge in [-0.1, -0.05) is 13.8 Å². The average Bonchev–Trinajstić information content (AvgIpc) is 2.23. The lowest BCUT2D eigenvalue weighted by atomic mass is 9.92. The summed E-state index contributed by atoms with van der Waals surface area (Å²) in [5.41, 5.74) is 0. The Morgan fingerprint density at radius 2 is 1.89 bits per heavy atom. The van der Waals surface area contributed by atoms with Crippen LogP contribution in [0.4, 0.5) is 4.39 Å². The van der Waals surface area contributed by atoms with E-state index in [-0.39, 0.29) is 18.2 Å². The van der Waals surface area contributed by atoms with Crippen molar-refractivity contribution in [2.45, 2.75) is 39.7 Å². The van der Waals surface area contributed by atoms with Crippen molar-refractivity contribution >= 4 is 10.0 Å². The summed E-state index contributed by atoms with van der Waals surface area (Å²) in [5, 5.41) is 0. The molecule has 1 N–H and O–H groups in total. The summed E-state index contributed by atoms with van der Waals surface area (Å²) in [6, 6.07) is -0.123. The van der Waals surface area contributed by atoms with Gasteiger partial charge in [0.1, 0.15) is 0 Å². The second-order valence-corrected chi connectivity index (χ2v) is 7.92. The minimum Gasteiger partial charge on any atom is -0.301 e. The fourth-order valence-corrected chi connectivity index (χ4v) is 4.27. The van der Waals surface area contributed by atoms with Gasteiger partial charge in [0.25, 0.3) is 0 Å². The van der Waals surface area contributed by atoms with Gasteiger partial charge in [0.2, 0.25) is 10.0 Å². The second-order valence-electron chi connectivity index (χ2n) is 6.04. The number of halogens is 1. The molecule has 19 heavy (non-hydrogen) atoms. The van der Waals surface area contributed by atoms with Gasteiger partial charge in [0.15, 0.2) is 0 Å². The first-order chi connectivity index (χ1) is 8.82. The van der Waals surface area contributed by atoms with Crippen molar-refractivity contribution in [1.29, 1.82) is 0 Å². The molecule has 0 amide bonds. The Balaban J connectivity index is 2.40. The van der Waals surface area contributed by atoms with E-state index in [0.717, 1.165) is 19.6 Å². The predicted molar refractivity (Wildman–Crippen MR) is 76.4 cm³/mol. The Morgan fingerprint density at radius 1 is 1.32 bits per heavy atom. The van der Waals surface area contributed by atoms with Gasteiger partial charge in [-0.05, 0) is 31.6 Å². The van der Waals surface area contributed by atoms with E-state index in [2.05, 4.69) is 23.5 Å². The lowest BCUT2D eigenvalue weighted by Gasteiger charge is -2.36. The zero-order chi connectivity index (χ0) is 14.5. The van der Waals surface area contributed by atoms with Crippen molar-refractivity contribution in [1.82, 2.24) is 9.62 Å². The molecule has 1 heterocycles. The van der Waals surface area contributed by atoms with Gasteiger partial charge in [0.05, 0.1) is 12.4 Å². The molecule has 0 radical (unpaired) electrons. The van der Waals surface area contributed by atoms with Crippen LogP contribution in [0, 0.1) is 11.8 Å². The minimum atomic E-state index is -3.34. The Hall–Kier alpha value is -0.200. The van der Waals surface area contributed by atoms with Crippen molar-refractivity contribution in [3.8, 4) is 0 Å². The standard InChI is InChI=1S/C13H27FN2O2S/c1-11-7-12(2)9-16(8-11)10-13(3)15-19(17,18)6-4-5-14/h11-13,15H,4-10H2,1-3H3/t11-,12-,13-/m1/s1. The first-order valence-corrected chi connectivity index (χ1v) is 8.76. The van der Waals surface area contributed by atoms with Gasteiger partial charge >= 0.3 is 0 Å². The third kappa shape index (κ3) is 6.68. The van der Waals surface area contributed by atoms with E-state index < -0.39 is 16.7 Å². The van der Waals surface area contributed by atoms with Gasteiger partial charge < -0.3 is 4.90 Å². The van der Waals surface area contributed by atoms with E-state index in [0.29, 0.717) is 11.8 Å². The van der Waals surface area contributed by atoms with Crippen LogP contribution in [0.15, 0.2) is 0 Å². The largest absolute Gasteiger partial charge is 0.301 e. The topological polar surface area (TPSA) is 49.4 Å². The molecule has 1 rings (SSSR count). The molecule has 0 aromatic rings. The fourth-order valence-electron chi connectivity index (χ4n) is 2.98. The molecule has 0 saturated carbocycles. The SMILES string of the molecule is C[C@@H]1C[C@@H](C)CN(C[C@@H](C)NS(=O)(=O)CCCF)C1. The quantitative estimate of drug-likeness (QED) is 0.776. The van der Waals surface area contributed by atoms with Crippen LogP contribution < -0.4 is 4.72 Å². The van der Waals surface area contributed by atoms with Crippen molar-refractivity contribution in [2.75, 3.05) is 32.1 Å². The summed E-state index contributed by atoms with van der Waals surface area (Å²) < 4.78 is 38.0. The molecule has 1 aliphatic heterocycles. The Labute approximate surface area is 116 Å². The number of nitrogens with one attached hydrogen (secondary N) is 1. The maximum Gasteiger partial charge on any atom is 0.211 e. The maximum absolute atomic E-state index is 12.0. The number of piperidine rings is 1. The molecule has 0 bridgehead atoms. The Morgan fingerprint density at radius 3 is 2.42 bits per heavy atom. The van der Waals surface area contributed by atoms with E-state index in [1.165, 1.54) is 6.42 Å². The third-order valence-corrected chi connectivity index (χ3v) is 4.99. The molecular formula is C13H27FN2O2S. The van der Waals surface area contributed by atoms with Crippen molar-refractivity contribution < 1.29 is 12.8 Å². The fraction of sp³-hybridized carbons (Fsp3) is 1.00. The molecule has 0 aromatic carbocycles. The average molecular weight is 294 g/mol. The van der Waals surface area contributed by atoms with Crippen molar-refractivity contribution in [3.05, 3.63) is 0 Å². The van der Waals surface area contributed by atoms with Crippen LogP contribution in [0.2, 0.25) is 0 Å². The van der Waals surface area contributed by atoms with E-state index in [1.54, 1.807) is 0 Å². The molecule has 0 unspecified atom stereocenters. The van der Waals surface area contributed by atoms with Crippen molar-refractivity contribution in [2.24, 2.45) is 11.8 Å². The number of hydrogen-bond donors (Lipinski definition) is 1. The summed E-state index contributed by atoms with van der Waals surface area (Å²) in [4.78, 5) is 2.32. The smallest absolute Gasteiger partial charge is 0.211 e. The first kappa shape index (κ1) is 16.9. The van der Waals surface area contributed by atoms with Crippen LogP contribution in [0.25, 0.3) is 0 Å². The minimum absolute atomic E-state index is 0.0693. The number of hydrogen-bond acceptors (Lipinski definition) is 3. The first-order valence-electron chi connectivity index (χ1n) is 7.10. The maximum atomic E-state index is 12.0. The van der Waals surface area contributed by atoms with Crippen molar-refractivity contribution in [3.63, 3.8) is 0 Å². The number of likely N-dealkylation sites (tertiary alicyclic amines) is 1. The highest BCUT2D eigenvalue weighted by atomic mass is 32.2. The van der Waals surface area contributed by atoms with Crippen LogP contribution in [0.5, 0.6) is 0 Å². The van der Waals surface area contributed by atoms with Crippen LogP contribution in [0.3, 0.4) is 0 Å². The molecule has 3 atom stereocenters. The van der Waals surface area contributed by atoms with Gasteiger partial charge in [-0.25, -0.2) is 13.1 Å². The van der Waals surface area contributed by atoms with Crippen LogP contribution in [-0.4, -0.2) is 51.4 Å². The molecule has 0 aromatic heterocycles. The molecule has 1 saturated heterocycles. The summed E-state index contributed by atoms with van der Waals surface area (Å²) in [5.74, 6) is 1.21. The van der Waals surface area contributed by atoms with E-state index in [4.69, 9.17) is 0 Å². The summed E-state index contributed by atoms with van der Waals surface area (Å²) >= 11 is 0. The van der Waals surface area contributed by atoms with E-state index >= 15 is 0 Å². The molecule has 4 nitrogen and oxygen atoms in total. The lowest BCUT2D eigenvalue weighted by molar-refractivity contribution is 0.134. The van der Waals surface area contributed by atoms with Crippen LogP contribution in [0.1, 0.15) is 33.6 Å². The molecule has 1 aliphatic rings. The highest BCUT2D eigenvalue weighted by Gasteiger charge is 2.24. The van der Waals surface area contributed by atoms with Gasteiger partial charge in [-0.3, -0.25) is 4.39 Å². The van der Waals surface area contributed by atoms with E-state index in [1.807, 2.05) is 6.92 Å². The summed E-state index contributed by atoms with van der Waals surface area (Å²) in [6.07, 6.45) is 1.31. The second kappa shape index (κ2) is 7.55. The molecule has 0 spiro atoms. The monoisotopic (exact) mass is 294 g/mol. The number of nitrogens with zero attached hydrogens (tertiary/aromatic N) is 1.